The Labute approximate surface area is 152 Å². The zero-order valence-electron chi connectivity index (χ0n) is 16.2. The number of hydrogen-bond acceptors (Lipinski definition) is 3. The topological polar surface area (TPSA) is 60.7 Å². The Morgan fingerprint density at radius 3 is 2.56 bits per heavy atom. The molecule has 4 saturated carbocycles. The molecule has 0 aromatic rings. The van der Waals surface area contributed by atoms with Crippen LogP contribution in [-0.4, -0.2) is 33.1 Å². The van der Waals surface area contributed by atoms with E-state index in [-0.39, 0.29) is 5.41 Å². The summed E-state index contributed by atoms with van der Waals surface area (Å²) in [5, 5.41) is 32.6. The molecule has 0 saturated heterocycles. The van der Waals surface area contributed by atoms with Crippen molar-refractivity contribution in [2.75, 3.05) is 0 Å². The molecule has 25 heavy (non-hydrogen) atoms. The molecule has 4 aliphatic rings. The Balaban J connectivity index is 1.70. The Morgan fingerprint density at radius 2 is 1.84 bits per heavy atom. The van der Waals surface area contributed by atoms with E-state index in [0.29, 0.717) is 36.0 Å². The summed E-state index contributed by atoms with van der Waals surface area (Å²) in [6, 6.07) is 0. The van der Waals surface area contributed by atoms with Crippen LogP contribution < -0.4 is 0 Å². The van der Waals surface area contributed by atoms with E-state index in [9.17, 15) is 15.3 Å². The van der Waals surface area contributed by atoms with Gasteiger partial charge < -0.3 is 15.3 Å². The van der Waals surface area contributed by atoms with E-state index >= 15 is 0 Å². The first-order valence-electron chi connectivity index (χ1n) is 10.5. The van der Waals surface area contributed by atoms with Crippen molar-refractivity contribution in [1.82, 2.24) is 0 Å². The normalized spacial score (nSPS) is 57.0. The summed E-state index contributed by atoms with van der Waals surface area (Å²) in [5.74, 6) is 1.64. The molecule has 0 aliphatic heterocycles. The first-order chi connectivity index (χ1) is 11.8. The Kier molecular flexibility index (Phi) is 4.18. The van der Waals surface area contributed by atoms with Gasteiger partial charge in [0.1, 0.15) is 0 Å². The largest absolute Gasteiger partial charge is 0.393 e. The molecular formula is C22H36O3. The van der Waals surface area contributed by atoms with Crippen molar-refractivity contribution in [2.45, 2.75) is 96.4 Å². The molecule has 4 aliphatic carbocycles. The van der Waals surface area contributed by atoms with Gasteiger partial charge in [-0.1, -0.05) is 32.4 Å². The number of rotatable bonds is 1. The van der Waals surface area contributed by atoms with Crippen molar-refractivity contribution < 1.29 is 15.3 Å². The lowest BCUT2D eigenvalue weighted by Crippen LogP contribution is -2.68. The first kappa shape index (κ1) is 18.0. The van der Waals surface area contributed by atoms with Crippen molar-refractivity contribution >= 4 is 0 Å². The van der Waals surface area contributed by atoms with Crippen LogP contribution in [0.2, 0.25) is 0 Å². The lowest BCUT2D eigenvalue weighted by atomic mass is 9.43. The predicted molar refractivity (Wildman–Crippen MR) is 99.0 cm³/mol. The van der Waals surface area contributed by atoms with Gasteiger partial charge in [0, 0.05) is 11.8 Å². The zero-order valence-corrected chi connectivity index (χ0v) is 16.2. The van der Waals surface area contributed by atoms with E-state index in [1.807, 2.05) is 0 Å². The highest BCUT2D eigenvalue weighted by Gasteiger charge is 2.66. The lowest BCUT2D eigenvalue weighted by molar-refractivity contribution is -0.262. The second kappa shape index (κ2) is 5.81. The minimum Gasteiger partial charge on any atom is -0.393 e. The molecule has 4 fully saturated rings. The van der Waals surface area contributed by atoms with Gasteiger partial charge in [0.05, 0.1) is 17.8 Å². The van der Waals surface area contributed by atoms with Crippen LogP contribution in [0.4, 0.5) is 0 Å². The maximum absolute atomic E-state index is 11.4. The molecule has 0 aromatic carbocycles. The molecule has 0 bridgehead atoms. The Morgan fingerprint density at radius 1 is 1.08 bits per heavy atom. The second-order valence-electron chi connectivity index (χ2n) is 10.00. The fourth-order valence-electron chi connectivity index (χ4n) is 7.69. The van der Waals surface area contributed by atoms with Gasteiger partial charge >= 0.3 is 0 Å². The summed E-state index contributed by atoms with van der Waals surface area (Å²) in [6.45, 7) is 6.90. The fourth-order valence-corrected chi connectivity index (χ4v) is 7.69. The van der Waals surface area contributed by atoms with Crippen LogP contribution in [-0.2, 0) is 0 Å². The second-order valence-corrected chi connectivity index (χ2v) is 10.00. The highest BCUT2D eigenvalue weighted by atomic mass is 16.3. The van der Waals surface area contributed by atoms with E-state index in [1.54, 1.807) is 5.57 Å². The highest BCUT2D eigenvalue weighted by Crippen LogP contribution is 2.68. The SMILES string of the molecule is CC/C=C1\CCC2C3C[C@@H](O)[C@@]4(O)C[C@@H](O)CC[C@]4(C)C3CC[C@]12C. The highest BCUT2D eigenvalue weighted by molar-refractivity contribution is 5.25. The van der Waals surface area contributed by atoms with Gasteiger partial charge in [0.15, 0.2) is 0 Å². The van der Waals surface area contributed by atoms with Crippen molar-refractivity contribution in [2.24, 2.45) is 28.6 Å². The average molecular weight is 349 g/mol. The molecule has 0 spiro atoms. The van der Waals surface area contributed by atoms with Crippen LogP contribution >= 0.6 is 0 Å². The summed E-state index contributed by atoms with van der Waals surface area (Å²) in [7, 11) is 0. The van der Waals surface area contributed by atoms with Crippen molar-refractivity contribution in [3.05, 3.63) is 11.6 Å². The molecule has 0 radical (unpaired) electrons. The van der Waals surface area contributed by atoms with Gasteiger partial charge in [0.2, 0.25) is 0 Å². The van der Waals surface area contributed by atoms with Gasteiger partial charge in [-0.2, -0.15) is 0 Å². The number of allylic oxidation sites excluding steroid dienone is 2. The molecule has 4 rings (SSSR count). The molecule has 0 amide bonds. The van der Waals surface area contributed by atoms with Crippen molar-refractivity contribution in [1.29, 1.82) is 0 Å². The molecule has 0 heterocycles. The van der Waals surface area contributed by atoms with Gasteiger partial charge in [0.25, 0.3) is 0 Å². The monoisotopic (exact) mass is 348 g/mol. The van der Waals surface area contributed by atoms with E-state index in [0.717, 1.165) is 25.7 Å². The van der Waals surface area contributed by atoms with E-state index in [4.69, 9.17) is 0 Å². The van der Waals surface area contributed by atoms with Crippen LogP contribution in [0.15, 0.2) is 11.6 Å². The quantitative estimate of drug-likeness (QED) is 0.632. The number of hydrogen-bond donors (Lipinski definition) is 3. The lowest BCUT2D eigenvalue weighted by Gasteiger charge is -2.65. The maximum Gasteiger partial charge on any atom is 0.0985 e. The molecule has 0 aromatic heterocycles. The summed E-state index contributed by atoms with van der Waals surface area (Å²) < 4.78 is 0. The minimum atomic E-state index is -1.11. The number of fused-ring (bicyclic) bond motifs is 5. The van der Waals surface area contributed by atoms with Crippen molar-refractivity contribution in [3.63, 3.8) is 0 Å². The molecule has 142 valence electrons. The summed E-state index contributed by atoms with van der Waals surface area (Å²) in [5.41, 5.74) is 0.586. The standard InChI is InChI=1S/C22H36O3/c1-4-5-14-6-7-17-16-12-19(24)22(25)13-15(23)8-11-21(22,3)18(16)9-10-20(14,17)2/h5,15-19,23-25H,4,6-13H2,1-3H3/b14-5+/t15-,16?,17?,18?,19+,20+,21+,22-/m0/s1. The van der Waals surface area contributed by atoms with Crippen LogP contribution in [0.5, 0.6) is 0 Å². The van der Waals surface area contributed by atoms with Gasteiger partial charge in [-0.25, -0.2) is 0 Å². The first-order valence-corrected chi connectivity index (χ1v) is 10.5. The van der Waals surface area contributed by atoms with Crippen molar-refractivity contribution in [3.8, 4) is 0 Å². The average Bonchev–Trinajstić information content (AvgIpc) is 2.88. The van der Waals surface area contributed by atoms with Crippen LogP contribution in [0.1, 0.15) is 78.6 Å². The maximum atomic E-state index is 11.4. The third-order valence-electron chi connectivity index (χ3n) is 9.13. The van der Waals surface area contributed by atoms with E-state index in [2.05, 4.69) is 26.8 Å². The molecule has 3 nitrogen and oxygen atoms in total. The van der Waals surface area contributed by atoms with Crippen LogP contribution in [0.25, 0.3) is 0 Å². The fraction of sp³-hybridized carbons (Fsp3) is 0.909. The molecule has 3 N–H and O–H groups in total. The van der Waals surface area contributed by atoms with Gasteiger partial charge in [-0.15, -0.1) is 0 Å². The summed E-state index contributed by atoms with van der Waals surface area (Å²) in [4.78, 5) is 0. The molecular weight excluding hydrogens is 312 g/mol. The van der Waals surface area contributed by atoms with Crippen LogP contribution in [0, 0.1) is 28.6 Å². The Hall–Kier alpha value is -0.380. The third-order valence-corrected chi connectivity index (χ3v) is 9.13. The van der Waals surface area contributed by atoms with Crippen LogP contribution in [0.3, 0.4) is 0 Å². The van der Waals surface area contributed by atoms with Gasteiger partial charge in [-0.3, -0.25) is 0 Å². The minimum absolute atomic E-state index is 0.257. The third kappa shape index (κ3) is 2.28. The smallest absolute Gasteiger partial charge is 0.0985 e. The molecule has 3 unspecified atom stereocenters. The Bertz CT molecular complexity index is 572. The summed E-state index contributed by atoms with van der Waals surface area (Å²) in [6.07, 6.45) is 9.88. The van der Waals surface area contributed by atoms with E-state index < -0.39 is 17.8 Å². The zero-order chi connectivity index (χ0) is 18.0. The summed E-state index contributed by atoms with van der Waals surface area (Å²) >= 11 is 0. The number of aliphatic hydroxyl groups excluding tert-OH is 2. The molecule has 8 atom stereocenters. The molecule has 3 heteroatoms. The predicted octanol–water partition coefficient (Wildman–Crippen LogP) is 3.81. The number of aliphatic hydroxyl groups is 3. The van der Waals surface area contributed by atoms with Gasteiger partial charge in [-0.05, 0) is 74.5 Å². The van der Waals surface area contributed by atoms with E-state index in [1.165, 1.54) is 19.3 Å².